The highest BCUT2D eigenvalue weighted by atomic mass is 32.2. The van der Waals surface area contributed by atoms with Gasteiger partial charge in [0.2, 0.25) is 11.0 Å². The Hall–Kier alpha value is -1.38. The van der Waals surface area contributed by atoms with E-state index in [-0.39, 0.29) is 11.6 Å². The molecule has 8 heteroatoms. The van der Waals surface area contributed by atoms with Gasteiger partial charge in [-0.25, -0.2) is 13.6 Å². The van der Waals surface area contributed by atoms with Crippen molar-refractivity contribution in [2.75, 3.05) is 6.54 Å². The third-order valence-corrected chi connectivity index (χ3v) is 3.23. The maximum absolute atomic E-state index is 11.1. The fourth-order valence-electron chi connectivity index (χ4n) is 1.19. The Morgan fingerprint density at radius 2 is 2.06 bits per heavy atom. The molecule has 0 bridgehead atoms. The highest BCUT2D eigenvalue weighted by molar-refractivity contribution is 7.89. The van der Waals surface area contributed by atoms with Gasteiger partial charge < -0.3 is 15.5 Å². The van der Waals surface area contributed by atoms with Crippen LogP contribution in [0.4, 0.5) is 0 Å². The van der Waals surface area contributed by atoms with E-state index >= 15 is 0 Å². The second kappa shape index (κ2) is 5.09. The molecule has 0 unspecified atom stereocenters. The van der Waals surface area contributed by atoms with E-state index in [2.05, 4.69) is 5.32 Å². The maximum Gasteiger partial charge on any atom is 0.271 e. The Balaban J connectivity index is 2.56. The molecule has 102 valence electrons. The summed E-state index contributed by atoms with van der Waals surface area (Å²) in [5.41, 5.74) is 4.53. The molecule has 0 spiro atoms. The van der Waals surface area contributed by atoms with Crippen molar-refractivity contribution in [3.63, 3.8) is 0 Å². The summed E-state index contributed by atoms with van der Waals surface area (Å²) in [4.78, 5) is 11.1. The number of nitrogens with two attached hydrogens (primary N) is 2. The van der Waals surface area contributed by atoms with Crippen LogP contribution in [0.3, 0.4) is 0 Å². The van der Waals surface area contributed by atoms with E-state index in [0.29, 0.717) is 12.3 Å². The quantitative estimate of drug-likeness (QED) is 0.646. The van der Waals surface area contributed by atoms with Gasteiger partial charge in [-0.05, 0) is 26.0 Å². The number of primary sulfonamides is 1. The van der Waals surface area contributed by atoms with Gasteiger partial charge in [-0.3, -0.25) is 4.79 Å². The molecule has 0 fully saturated rings. The van der Waals surface area contributed by atoms with Crippen LogP contribution in [0, 0.1) is 5.41 Å². The van der Waals surface area contributed by atoms with E-state index in [1.807, 2.05) is 0 Å². The minimum absolute atomic E-state index is 0.284. The van der Waals surface area contributed by atoms with Crippen LogP contribution in [0.2, 0.25) is 0 Å². The minimum Gasteiger partial charge on any atom is -0.447 e. The highest BCUT2D eigenvalue weighted by Crippen LogP contribution is 2.14. The Morgan fingerprint density at radius 3 is 2.50 bits per heavy atom. The molecule has 0 atom stereocenters. The second-order valence-electron chi connectivity index (χ2n) is 4.62. The van der Waals surface area contributed by atoms with E-state index in [4.69, 9.17) is 15.3 Å². The van der Waals surface area contributed by atoms with Crippen LogP contribution in [-0.2, 0) is 21.4 Å². The number of hydrogen-bond acceptors (Lipinski definition) is 5. The van der Waals surface area contributed by atoms with Crippen molar-refractivity contribution in [1.82, 2.24) is 5.32 Å². The van der Waals surface area contributed by atoms with Crippen molar-refractivity contribution >= 4 is 15.9 Å². The molecule has 0 radical (unpaired) electrons. The Bertz CT molecular complexity index is 533. The van der Waals surface area contributed by atoms with Gasteiger partial charge in [0.25, 0.3) is 10.0 Å². The first-order valence-electron chi connectivity index (χ1n) is 5.25. The summed E-state index contributed by atoms with van der Waals surface area (Å²) in [6.07, 6.45) is 0. The smallest absolute Gasteiger partial charge is 0.271 e. The van der Waals surface area contributed by atoms with E-state index < -0.39 is 21.3 Å². The molecule has 1 aromatic heterocycles. The van der Waals surface area contributed by atoms with Crippen LogP contribution in [0.1, 0.15) is 19.6 Å². The van der Waals surface area contributed by atoms with Gasteiger partial charge in [0.05, 0.1) is 12.0 Å². The fraction of sp³-hybridized carbons (Fsp3) is 0.500. The molecule has 0 aliphatic rings. The molecule has 5 N–H and O–H groups in total. The minimum atomic E-state index is -3.82. The average molecular weight is 275 g/mol. The molecule has 1 rings (SSSR count). The lowest BCUT2D eigenvalue weighted by atomic mass is 9.93. The summed E-state index contributed by atoms with van der Waals surface area (Å²) in [5, 5.41) is 7.58. The number of primary amides is 1. The Kier molecular flexibility index (Phi) is 4.15. The molecule has 1 aromatic rings. The molecule has 0 aromatic carbocycles. The van der Waals surface area contributed by atoms with Gasteiger partial charge >= 0.3 is 0 Å². The number of rotatable bonds is 6. The highest BCUT2D eigenvalue weighted by Gasteiger charge is 2.24. The summed E-state index contributed by atoms with van der Waals surface area (Å²) in [5.74, 6) is -0.000958. The largest absolute Gasteiger partial charge is 0.447 e. The van der Waals surface area contributed by atoms with E-state index in [1.165, 1.54) is 12.1 Å². The summed E-state index contributed by atoms with van der Waals surface area (Å²) in [6, 6.07) is 2.79. The monoisotopic (exact) mass is 275 g/mol. The van der Waals surface area contributed by atoms with Crippen molar-refractivity contribution in [3.05, 3.63) is 17.9 Å². The zero-order chi connectivity index (χ0) is 14.0. The maximum atomic E-state index is 11.1. The standard InChI is InChI=1S/C10H17N3O4S/c1-10(2,9(11)14)6-13-5-7-3-4-8(17-7)18(12,15)16/h3-4,13H,5-6H2,1-2H3,(H2,11,14)(H2,12,15,16). The summed E-state index contributed by atoms with van der Waals surface area (Å²) >= 11 is 0. The number of nitrogens with one attached hydrogen (secondary N) is 1. The molecule has 0 saturated carbocycles. The topological polar surface area (TPSA) is 128 Å². The molecule has 1 amide bonds. The first-order valence-corrected chi connectivity index (χ1v) is 6.80. The third kappa shape index (κ3) is 3.83. The zero-order valence-electron chi connectivity index (χ0n) is 10.3. The van der Waals surface area contributed by atoms with Gasteiger partial charge in [-0.2, -0.15) is 0 Å². The fourth-order valence-corrected chi connectivity index (χ4v) is 1.67. The average Bonchev–Trinajstić information content (AvgIpc) is 2.65. The lowest BCUT2D eigenvalue weighted by Crippen LogP contribution is -2.40. The first kappa shape index (κ1) is 14.7. The number of furan rings is 1. The van der Waals surface area contributed by atoms with Crippen molar-refractivity contribution in [2.24, 2.45) is 16.3 Å². The summed E-state index contributed by atoms with van der Waals surface area (Å²) < 4.78 is 27.0. The Labute approximate surface area is 106 Å². The molecular formula is C10H17N3O4S. The van der Waals surface area contributed by atoms with Crippen LogP contribution in [0.25, 0.3) is 0 Å². The number of carbonyl (C=O) groups excluding carboxylic acids is 1. The number of amides is 1. The van der Waals surface area contributed by atoms with E-state index in [9.17, 15) is 13.2 Å². The van der Waals surface area contributed by atoms with E-state index in [1.54, 1.807) is 13.8 Å². The van der Waals surface area contributed by atoms with Gasteiger partial charge in [-0.15, -0.1) is 0 Å². The normalized spacial score (nSPS) is 12.6. The molecule has 1 heterocycles. The van der Waals surface area contributed by atoms with Gasteiger partial charge in [0.15, 0.2) is 0 Å². The molecule has 18 heavy (non-hydrogen) atoms. The number of carbonyl (C=O) groups is 1. The lowest BCUT2D eigenvalue weighted by molar-refractivity contribution is -0.125. The predicted octanol–water partition coefficient (Wildman–Crippen LogP) is -0.472. The number of hydrogen-bond donors (Lipinski definition) is 3. The zero-order valence-corrected chi connectivity index (χ0v) is 11.1. The Morgan fingerprint density at radius 1 is 1.44 bits per heavy atom. The third-order valence-electron chi connectivity index (χ3n) is 2.45. The van der Waals surface area contributed by atoms with Crippen molar-refractivity contribution < 1.29 is 17.6 Å². The first-order chi connectivity index (χ1) is 8.13. The van der Waals surface area contributed by atoms with Crippen LogP contribution in [0.15, 0.2) is 21.6 Å². The molecular weight excluding hydrogens is 258 g/mol. The van der Waals surface area contributed by atoms with E-state index in [0.717, 1.165) is 0 Å². The lowest BCUT2D eigenvalue weighted by Gasteiger charge is -2.20. The van der Waals surface area contributed by atoms with Gasteiger partial charge in [0, 0.05) is 6.54 Å². The SMILES string of the molecule is CC(C)(CNCc1ccc(S(N)(=O)=O)o1)C(N)=O. The molecule has 0 aliphatic heterocycles. The van der Waals surface area contributed by atoms with Gasteiger partial charge in [-0.1, -0.05) is 0 Å². The van der Waals surface area contributed by atoms with Crippen LogP contribution in [-0.4, -0.2) is 20.9 Å². The van der Waals surface area contributed by atoms with Crippen molar-refractivity contribution in [3.8, 4) is 0 Å². The number of sulfonamides is 1. The van der Waals surface area contributed by atoms with Crippen LogP contribution in [0.5, 0.6) is 0 Å². The summed E-state index contributed by atoms with van der Waals surface area (Å²) in [6.45, 7) is 4.06. The van der Waals surface area contributed by atoms with Crippen molar-refractivity contribution in [1.29, 1.82) is 0 Å². The van der Waals surface area contributed by atoms with Gasteiger partial charge in [0.1, 0.15) is 5.76 Å². The van der Waals surface area contributed by atoms with Crippen LogP contribution >= 0.6 is 0 Å². The molecule has 7 nitrogen and oxygen atoms in total. The summed E-state index contributed by atoms with van der Waals surface area (Å²) in [7, 11) is -3.82. The van der Waals surface area contributed by atoms with Crippen molar-refractivity contribution in [2.45, 2.75) is 25.5 Å². The predicted molar refractivity (Wildman–Crippen MR) is 64.8 cm³/mol. The molecule has 0 saturated heterocycles. The second-order valence-corrected chi connectivity index (χ2v) is 6.11. The van der Waals surface area contributed by atoms with Crippen LogP contribution < -0.4 is 16.2 Å². The molecule has 0 aliphatic carbocycles.